The summed E-state index contributed by atoms with van der Waals surface area (Å²) in [5, 5.41) is 12.9. The van der Waals surface area contributed by atoms with Gasteiger partial charge in [0.2, 0.25) is 5.91 Å². The molecule has 2 aliphatic heterocycles. The maximum Gasteiger partial charge on any atom is 0.234 e. The van der Waals surface area contributed by atoms with Crippen LogP contribution in [0.2, 0.25) is 0 Å². The van der Waals surface area contributed by atoms with Crippen LogP contribution in [0.15, 0.2) is 0 Å². The molecule has 0 radical (unpaired) electrons. The lowest BCUT2D eigenvalue weighted by molar-refractivity contribution is -0.122. The number of carbonyl (C=O) groups is 1. The molecule has 1 atom stereocenters. The monoisotopic (exact) mass is 411 g/mol. The van der Waals surface area contributed by atoms with Crippen LogP contribution in [0.1, 0.15) is 61.4 Å². The minimum Gasteiger partial charge on any atom is -0.376 e. The van der Waals surface area contributed by atoms with E-state index in [1.54, 1.807) is 0 Å². The minimum atomic E-state index is 0.0643. The van der Waals surface area contributed by atoms with Gasteiger partial charge < -0.3 is 15.0 Å². The Morgan fingerprint density at radius 3 is 2.67 bits per heavy atom. The van der Waals surface area contributed by atoms with E-state index in [-0.39, 0.29) is 12.0 Å². The predicted octanol–water partition coefficient (Wildman–Crippen LogP) is 1.98. The summed E-state index contributed by atoms with van der Waals surface area (Å²) < 4.78 is 5.57. The van der Waals surface area contributed by atoms with Crippen molar-refractivity contribution in [2.45, 2.75) is 58.0 Å². The highest BCUT2D eigenvalue weighted by molar-refractivity contribution is 5.78. The molecule has 1 unspecified atom stereocenters. The van der Waals surface area contributed by atoms with E-state index >= 15 is 0 Å². The number of hydrogen-bond acceptors (Lipinski definition) is 6. The van der Waals surface area contributed by atoms with Crippen LogP contribution < -0.4 is 10.2 Å². The van der Waals surface area contributed by atoms with E-state index in [0.29, 0.717) is 19.0 Å². The lowest BCUT2D eigenvalue weighted by Crippen LogP contribution is -2.50. The van der Waals surface area contributed by atoms with Gasteiger partial charge in [0.15, 0.2) is 0 Å². The summed E-state index contributed by atoms with van der Waals surface area (Å²) in [6.07, 6.45) is 5.44. The van der Waals surface area contributed by atoms with Gasteiger partial charge in [-0.2, -0.15) is 5.26 Å². The molecule has 162 valence electrons. The summed E-state index contributed by atoms with van der Waals surface area (Å²) in [7, 11) is 0. The molecule has 0 aromatic carbocycles. The summed E-state index contributed by atoms with van der Waals surface area (Å²) in [4.78, 5) is 21.7. The molecule has 0 bridgehead atoms. The number of ether oxygens (including phenoxy) is 1. The van der Waals surface area contributed by atoms with Crippen molar-refractivity contribution < 1.29 is 9.53 Å². The summed E-state index contributed by atoms with van der Waals surface area (Å²) in [5.74, 6) is 1.27. The van der Waals surface area contributed by atoms with Gasteiger partial charge in [-0.15, -0.1) is 0 Å². The molecule has 3 heterocycles. The number of fused-ring (bicyclic) bond motifs is 1. The van der Waals surface area contributed by atoms with Crippen molar-refractivity contribution in [1.82, 2.24) is 15.2 Å². The molecule has 2 saturated heterocycles. The molecule has 0 spiro atoms. The molecule has 30 heavy (non-hydrogen) atoms. The van der Waals surface area contributed by atoms with Crippen LogP contribution in [0.4, 0.5) is 5.82 Å². The molecule has 1 amide bonds. The Balaban J connectivity index is 1.37. The zero-order valence-corrected chi connectivity index (χ0v) is 18.2. The molecular weight excluding hydrogens is 378 g/mol. The second-order valence-corrected chi connectivity index (χ2v) is 8.98. The molecular formula is C23H33N5O2. The number of aromatic nitrogens is 1. The molecule has 1 aliphatic carbocycles. The first-order chi connectivity index (χ1) is 14.6. The Labute approximate surface area is 179 Å². The Bertz CT molecular complexity index is 818. The van der Waals surface area contributed by atoms with E-state index in [1.165, 1.54) is 11.1 Å². The topological polar surface area (TPSA) is 81.5 Å². The highest BCUT2D eigenvalue weighted by Gasteiger charge is 2.29. The Hall–Kier alpha value is -2.17. The van der Waals surface area contributed by atoms with E-state index in [9.17, 15) is 10.1 Å². The average Bonchev–Trinajstić information content (AvgIpc) is 3.43. The maximum absolute atomic E-state index is 12.3. The molecule has 2 fully saturated rings. The fourth-order valence-corrected chi connectivity index (χ4v) is 4.91. The number of nitrogens with one attached hydrogen (secondary N) is 1. The number of nitriles is 1. The third kappa shape index (κ3) is 4.45. The van der Waals surface area contributed by atoms with Gasteiger partial charge in [0.25, 0.3) is 0 Å². The molecule has 1 aromatic rings. The van der Waals surface area contributed by atoms with Crippen LogP contribution in [0.25, 0.3) is 0 Å². The van der Waals surface area contributed by atoms with Crippen LogP contribution in [0.3, 0.4) is 0 Å². The lowest BCUT2D eigenvalue weighted by Gasteiger charge is -2.36. The maximum atomic E-state index is 12.3. The second kappa shape index (κ2) is 9.32. The fourth-order valence-electron chi connectivity index (χ4n) is 4.91. The summed E-state index contributed by atoms with van der Waals surface area (Å²) in [5.41, 5.74) is 4.47. The molecule has 0 saturated carbocycles. The number of pyridine rings is 1. The first kappa shape index (κ1) is 21.1. The van der Waals surface area contributed by atoms with Gasteiger partial charge in [-0.3, -0.25) is 9.69 Å². The highest BCUT2D eigenvalue weighted by Crippen LogP contribution is 2.35. The molecule has 3 aliphatic rings. The largest absolute Gasteiger partial charge is 0.376 e. The van der Waals surface area contributed by atoms with Crippen LogP contribution in [-0.4, -0.2) is 67.8 Å². The highest BCUT2D eigenvalue weighted by atomic mass is 16.5. The average molecular weight is 412 g/mol. The van der Waals surface area contributed by atoms with Crippen molar-refractivity contribution in [1.29, 1.82) is 5.26 Å². The minimum absolute atomic E-state index is 0.0643. The molecule has 1 N–H and O–H groups in total. The Morgan fingerprint density at radius 1 is 1.23 bits per heavy atom. The van der Waals surface area contributed by atoms with Crippen LogP contribution in [-0.2, 0) is 22.4 Å². The molecule has 4 rings (SSSR count). The lowest BCUT2D eigenvalue weighted by atomic mass is 9.97. The van der Waals surface area contributed by atoms with Gasteiger partial charge in [0.05, 0.1) is 18.2 Å². The number of piperazine rings is 1. The van der Waals surface area contributed by atoms with Gasteiger partial charge >= 0.3 is 0 Å². The van der Waals surface area contributed by atoms with Gasteiger partial charge in [-0.05, 0) is 49.1 Å². The SMILES string of the molecule is CC(C)c1nc(N2CCN(CC(=O)NCC3CCCO3)CC2)c(C#N)c2c1CCC2. The van der Waals surface area contributed by atoms with Crippen molar-refractivity contribution in [2.75, 3.05) is 50.8 Å². The summed E-state index contributed by atoms with van der Waals surface area (Å²) in [6.45, 7) is 9.38. The smallest absolute Gasteiger partial charge is 0.234 e. The Morgan fingerprint density at radius 2 is 2.00 bits per heavy atom. The van der Waals surface area contributed by atoms with Crippen molar-refractivity contribution in [3.63, 3.8) is 0 Å². The standard InChI is InChI=1S/C23H33N5O2/c1-16(2)22-19-7-3-6-18(19)20(13-24)23(26-22)28-10-8-27(9-11-28)15-21(29)25-14-17-5-4-12-30-17/h16-17H,3-12,14-15H2,1-2H3,(H,25,29). The van der Waals surface area contributed by atoms with Crippen LogP contribution >= 0.6 is 0 Å². The molecule has 7 heteroatoms. The van der Waals surface area contributed by atoms with E-state index in [0.717, 1.165) is 82.0 Å². The van der Waals surface area contributed by atoms with Gasteiger partial charge in [-0.25, -0.2) is 4.98 Å². The van der Waals surface area contributed by atoms with Gasteiger partial charge in [0.1, 0.15) is 11.9 Å². The predicted molar refractivity (Wildman–Crippen MR) is 116 cm³/mol. The number of carbonyl (C=O) groups excluding carboxylic acids is 1. The Kier molecular flexibility index (Phi) is 6.55. The third-order valence-corrected chi connectivity index (χ3v) is 6.53. The number of amides is 1. The molecule has 7 nitrogen and oxygen atoms in total. The summed E-state index contributed by atoms with van der Waals surface area (Å²) in [6, 6.07) is 2.45. The van der Waals surface area contributed by atoms with Crippen molar-refractivity contribution in [2.24, 2.45) is 0 Å². The fraction of sp³-hybridized carbons (Fsp3) is 0.696. The number of hydrogen-bond donors (Lipinski definition) is 1. The zero-order chi connectivity index (χ0) is 21.1. The van der Waals surface area contributed by atoms with Crippen LogP contribution in [0.5, 0.6) is 0 Å². The quantitative estimate of drug-likeness (QED) is 0.771. The van der Waals surface area contributed by atoms with E-state index < -0.39 is 0 Å². The van der Waals surface area contributed by atoms with Crippen molar-refractivity contribution in [3.8, 4) is 6.07 Å². The van der Waals surface area contributed by atoms with Crippen LogP contribution in [0, 0.1) is 11.3 Å². The first-order valence-corrected chi connectivity index (χ1v) is 11.4. The van der Waals surface area contributed by atoms with Crippen molar-refractivity contribution >= 4 is 11.7 Å². The number of nitrogens with zero attached hydrogens (tertiary/aromatic N) is 4. The third-order valence-electron chi connectivity index (χ3n) is 6.53. The van der Waals surface area contributed by atoms with Crippen molar-refractivity contribution in [3.05, 3.63) is 22.4 Å². The van der Waals surface area contributed by atoms with E-state index in [2.05, 4.69) is 35.0 Å². The normalized spacial score (nSPS) is 21.7. The number of anilines is 1. The van der Waals surface area contributed by atoms with Gasteiger partial charge in [0, 0.05) is 45.0 Å². The first-order valence-electron chi connectivity index (χ1n) is 11.4. The van der Waals surface area contributed by atoms with E-state index in [4.69, 9.17) is 9.72 Å². The summed E-state index contributed by atoms with van der Waals surface area (Å²) >= 11 is 0. The molecule has 1 aromatic heterocycles. The van der Waals surface area contributed by atoms with Gasteiger partial charge in [-0.1, -0.05) is 13.8 Å². The van der Waals surface area contributed by atoms with E-state index in [1.807, 2.05) is 0 Å². The zero-order valence-electron chi connectivity index (χ0n) is 18.2. The number of rotatable bonds is 6. The second-order valence-electron chi connectivity index (χ2n) is 8.98.